The second-order valence-electron chi connectivity index (χ2n) is 4.46. The van der Waals surface area contributed by atoms with Crippen molar-refractivity contribution in [2.24, 2.45) is 0 Å². The standard InChI is InChI=1S/C13H17N3O2/c1-17-10-2-3-11-12(8-10)15-13(14-11)9-16-4-6-18-7-5-16/h2-3,8H,4-7,9H2,1H3,(H,14,15). The Balaban J connectivity index is 1.79. The highest BCUT2D eigenvalue weighted by Gasteiger charge is 2.13. The molecule has 0 bridgehead atoms. The summed E-state index contributed by atoms with van der Waals surface area (Å²) in [6.45, 7) is 4.42. The van der Waals surface area contributed by atoms with Gasteiger partial charge in [0, 0.05) is 19.2 Å². The first-order chi connectivity index (χ1) is 8.85. The molecule has 0 atom stereocenters. The van der Waals surface area contributed by atoms with Crippen molar-refractivity contribution in [2.45, 2.75) is 6.54 Å². The van der Waals surface area contributed by atoms with E-state index in [-0.39, 0.29) is 0 Å². The summed E-state index contributed by atoms with van der Waals surface area (Å²) in [6, 6.07) is 5.89. The van der Waals surface area contributed by atoms with E-state index in [0.717, 1.165) is 55.5 Å². The van der Waals surface area contributed by atoms with Gasteiger partial charge in [-0.05, 0) is 12.1 Å². The second-order valence-corrected chi connectivity index (χ2v) is 4.46. The summed E-state index contributed by atoms with van der Waals surface area (Å²) in [4.78, 5) is 10.3. The second kappa shape index (κ2) is 4.96. The molecular weight excluding hydrogens is 230 g/mol. The van der Waals surface area contributed by atoms with Crippen LogP contribution in [-0.4, -0.2) is 48.3 Å². The summed E-state index contributed by atoms with van der Waals surface area (Å²) >= 11 is 0. The minimum atomic E-state index is 0.814. The SMILES string of the molecule is COc1ccc2nc(CN3CCOCC3)[nH]c2c1. The third-order valence-electron chi connectivity index (χ3n) is 3.22. The predicted molar refractivity (Wildman–Crippen MR) is 68.7 cm³/mol. The molecule has 2 heterocycles. The van der Waals surface area contributed by atoms with E-state index >= 15 is 0 Å². The van der Waals surface area contributed by atoms with Crippen molar-refractivity contribution in [2.75, 3.05) is 33.4 Å². The molecule has 1 saturated heterocycles. The van der Waals surface area contributed by atoms with Gasteiger partial charge < -0.3 is 14.5 Å². The zero-order valence-electron chi connectivity index (χ0n) is 10.5. The van der Waals surface area contributed by atoms with E-state index in [2.05, 4.69) is 14.9 Å². The number of aromatic amines is 1. The number of hydrogen-bond acceptors (Lipinski definition) is 4. The number of fused-ring (bicyclic) bond motifs is 1. The molecule has 0 amide bonds. The number of methoxy groups -OCH3 is 1. The highest BCUT2D eigenvalue weighted by atomic mass is 16.5. The topological polar surface area (TPSA) is 50.4 Å². The first kappa shape index (κ1) is 11.5. The average Bonchev–Trinajstić information content (AvgIpc) is 2.80. The molecule has 0 radical (unpaired) electrons. The zero-order chi connectivity index (χ0) is 12.4. The third-order valence-corrected chi connectivity index (χ3v) is 3.22. The quantitative estimate of drug-likeness (QED) is 0.890. The van der Waals surface area contributed by atoms with Gasteiger partial charge in [-0.1, -0.05) is 0 Å². The molecule has 1 N–H and O–H groups in total. The van der Waals surface area contributed by atoms with Gasteiger partial charge in [-0.25, -0.2) is 4.98 Å². The van der Waals surface area contributed by atoms with E-state index in [9.17, 15) is 0 Å². The number of nitrogens with zero attached hydrogens (tertiary/aromatic N) is 2. The molecule has 1 aromatic carbocycles. The summed E-state index contributed by atoms with van der Waals surface area (Å²) in [5.41, 5.74) is 2.01. The molecule has 1 aliphatic rings. The lowest BCUT2D eigenvalue weighted by atomic mass is 10.3. The fraction of sp³-hybridized carbons (Fsp3) is 0.462. The van der Waals surface area contributed by atoms with Crippen LogP contribution in [0.5, 0.6) is 5.75 Å². The van der Waals surface area contributed by atoms with Crippen LogP contribution in [0.1, 0.15) is 5.82 Å². The van der Waals surface area contributed by atoms with Crippen molar-refractivity contribution in [1.82, 2.24) is 14.9 Å². The van der Waals surface area contributed by atoms with Gasteiger partial charge in [-0.15, -0.1) is 0 Å². The maximum absolute atomic E-state index is 5.34. The number of aromatic nitrogens is 2. The fourth-order valence-corrected chi connectivity index (χ4v) is 2.21. The first-order valence-electron chi connectivity index (χ1n) is 6.18. The number of imidazole rings is 1. The number of hydrogen-bond donors (Lipinski definition) is 1. The number of rotatable bonds is 3. The molecule has 0 spiro atoms. The molecule has 1 aromatic heterocycles. The van der Waals surface area contributed by atoms with Crippen molar-refractivity contribution in [3.63, 3.8) is 0 Å². The molecule has 1 fully saturated rings. The molecule has 0 unspecified atom stereocenters. The van der Waals surface area contributed by atoms with Crippen molar-refractivity contribution in [3.05, 3.63) is 24.0 Å². The minimum absolute atomic E-state index is 0.814. The average molecular weight is 247 g/mol. The van der Waals surface area contributed by atoms with Crippen LogP contribution in [-0.2, 0) is 11.3 Å². The maximum atomic E-state index is 5.34. The van der Waals surface area contributed by atoms with Gasteiger partial charge in [0.15, 0.2) is 0 Å². The van der Waals surface area contributed by atoms with Gasteiger partial charge in [0.05, 0.1) is 37.9 Å². The third kappa shape index (κ3) is 2.32. The molecule has 0 saturated carbocycles. The van der Waals surface area contributed by atoms with Gasteiger partial charge in [-0.3, -0.25) is 4.90 Å². The Labute approximate surface area is 106 Å². The highest BCUT2D eigenvalue weighted by molar-refractivity contribution is 5.76. The number of H-pyrrole nitrogens is 1. The normalized spacial score (nSPS) is 17.2. The molecule has 18 heavy (non-hydrogen) atoms. The first-order valence-corrected chi connectivity index (χ1v) is 6.18. The fourth-order valence-electron chi connectivity index (χ4n) is 2.21. The monoisotopic (exact) mass is 247 g/mol. The van der Waals surface area contributed by atoms with Crippen LogP contribution in [0.2, 0.25) is 0 Å². The van der Waals surface area contributed by atoms with Gasteiger partial charge in [0.2, 0.25) is 0 Å². The summed E-state index contributed by atoms with van der Waals surface area (Å²) in [6.07, 6.45) is 0. The number of nitrogens with one attached hydrogen (secondary N) is 1. The summed E-state index contributed by atoms with van der Waals surface area (Å²) in [5.74, 6) is 1.85. The van der Waals surface area contributed by atoms with Crippen molar-refractivity contribution < 1.29 is 9.47 Å². The van der Waals surface area contributed by atoms with Crippen LogP contribution in [0, 0.1) is 0 Å². The smallest absolute Gasteiger partial charge is 0.121 e. The van der Waals surface area contributed by atoms with Gasteiger partial charge >= 0.3 is 0 Å². The number of benzene rings is 1. The van der Waals surface area contributed by atoms with Crippen molar-refractivity contribution in [3.8, 4) is 5.75 Å². The van der Waals surface area contributed by atoms with Crippen LogP contribution in [0.3, 0.4) is 0 Å². The van der Waals surface area contributed by atoms with E-state index in [4.69, 9.17) is 9.47 Å². The Morgan fingerprint density at radius 1 is 1.39 bits per heavy atom. The summed E-state index contributed by atoms with van der Waals surface area (Å²) in [7, 11) is 1.67. The van der Waals surface area contributed by atoms with E-state index in [1.807, 2.05) is 18.2 Å². The molecule has 5 heteroatoms. The largest absolute Gasteiger partial charge is 0.497 e. The molecule has 1 aliphatic heterocycles. The Hall–Kier alpha value is -1.59. The molecule has 5 nitrogen and oxygen atoms in total. The van der Waals surface area contributed by atoms with Gasteiger partial charge in [0.1, 0.15) is 11.6 Å². The van der Waals surface area contributed by atoms with Gasteiger partial charge in [0.25, 0.3) is 0 Å². The Kier molecular flexibility index (Phi) is 3.17. The molecule has 3 rings (SSSR count). The molecule has 96 valence electrons. The van der Waals surface area contributed by atoms with Crippen LogP contribution in [0.15, 0.2) is 18.2 Å². The van der Waals surface area contributed by atoms with E-state index in [1.54, 1.807) is 7.11 Å². The maximum Gasteiger partial charge on any atom is 0.121 e. The lowest BCUT2D eigenvalue weighted by Crippen LogP contribution is -2.35. The van der Waals surface area contributed by atoms with Crippen LogP contribution in [0.4, 0.5) is 0 Å². The lowest BCUT2D eigenvalue weighted by molar-refractivity contribution is 0.0332. The van der Waals surface area contributed by atoms with Crippen LogP contribution >= 0.6 is 0 Å². The molecule has 0 aliphatic carbocycles. The van der Waals surface area contributed by atoms with E-state index in [1.165, 1.54) is 0 Å². The van der Waals surface area contributed by atoms with Crippen molar-refractivity contribution >= 4 is 11.0 Å². The van der Waals surface area contributed by atoms with Crippen LogP contribution < -0.4 is 4.74 Å². The predicted octanol–water partition coefficient (Wildman–Crippen LogP) is 1.40. The number of morpholine rings is 1. The summed E-state index contributed by atoms with van der Waals surface area (Å²) < 4.78 is 10.5. The Bertz CT molecular complexity index is 532. The lowest BCUT2D eigenvalue weighted by Gasteiger charge is -2.25. The van der Waals surface area contributed by atoms with E-state index < -0.39 is 0 Å². The highest BCUT2D eigenvalue weighted by Crippen LogP contribution is 2.19. The Morgan fingerprint density at radius 3 is 3.00 bits per heavy atom. The Morgan fingerprint density at radius 2 is 2.22 bits per heavy atom. The number of ether oxygens (including phenoxy) is 2. The zero-order valence-corrected chi connectivity index (χ0v) is 10.5. The summed E-state index contributed by atoms with van der Waals surface area (Å²) in [5, 5.41) is 0. The molecule has 2 aromatic rings. The van der Waals surface area contributed by atoms with E-state index in [0.29, 0.717) is 0 Å². The minimum Gasteiger partial charge on any atom is -0.497 e. The van der Waals surface area contributed by atoms with Crippen LogP contribution in [0.25, 0.3) is 11.0 Å². The van der Waals surface area contributed by atoms with Crippen molar-refractivity contribution in [1.29, 1.82) is 0 Å². The van der Waals surface area contributed by atoms with Gasteiger partial charge in [-0.2, -0.15) is 0 Å². The molecular formula is C13H17N3O2.